The van der Waals surface area contributed by atoms with E-state index < -0.39 is 7.42 Å². The quantitative estimate of drug-likeness (QED) is 0.0674. The van der Waals surface area contributed by atoms with Gasteiger partial charge in [-0.2, -0.15) is 34.8 Å². The van der Waals surface area contributed by atoms with Crippen LogP contribution in [-0.2, 0) is 0 Å². The molecular formula is C23H48Cl2SSi. The molecule has 0 unspecified atom stereocenters. The van der Waals surface area contributed by atoms with Gasteiger partial charge in [0.15, 0.2) is 0 Å². The van der Waals surface area contributed by atoms with E-state index in [-0.39, 0.29) is 0 Å². The van der Waals surface area contributed by atoms with Crippen LogP contribution in [0, 0.1) is 0 Å². The average Bonchev–Trinajstić information content (AvgIpc) is 2.65. The molecule has 0 amide bonds. The predicted octanol–water partition coefficient (Wildman–Crippen LogP) is 9.81. The van der Waals surface area contributed by atoms with Crippen LogP contribution in [0.4, 0.5) is 0 Å². The molecule has 27 heavy (non-hydrogen) atoms. The topological polar surface area (TPSA) is 0 Å². The van der Waals surface area contributed by atoms with Crippen LogP contribution in [0.3, 0.4) is 0 Å². The molecule has 0 N–H and O–H groups in total. The Kier molecular flexibility index (Phi) is 26.3. The highest BCUT2D eigenvalue weighted by Gasteiger charge is 2.00. The van der Waals surface area contributed by atoms with E-state index in [1.54, 1.807) is 0 Å². The van der Waals surface area contributed by atoms with Gasteiger partial charge in [0, 0.05) is 0 Å². The van der Waals surface area contributed by atoms with Gasteiger partial charge in [-0.15, -0.1) is 0 Å². The van der Waals surface area contributed by atoms with Crippen molar-refractivity contribution in [2.75, 3.05) is 5.75 Å². The van der Waals surface area contributed by atoms with E-state index in [9.17, 15) is 0 Å². The van der Waals surface area contributed by atoms with Gasteiger partial charge in [-0.25, -0.2) is 0 Å². The highest BCUT2D eigenvalue weighted by molar-refractivity contribution is 7.80. The maximum Gasteiger partial charge on any atom is 0.237 e. The zero-order valence-corrected chi connectivity index (χ0v) is 21.6. The van der Waals surface area contributed by atoms with E-state index in [0.717, 1.165) is 11.8 Å². The smallest absolute Gasteiger partial charge is 0.179 e. The van der Waals surface area contributed by atoms with Gasteiger partial charge in [-0.1, -0.05) is 128 Å². The molecule has 0 spiro atoms. The molecule has 0 heterocycles. The highest BCUT2D eigenvalue weighted by Crippen LogP contribution is 2.16. The monoisotopic (exact) mass is 454 g/mol. The third-order valence-electron chi connectivity index (χ3n) is 5.58. The summed E-state index contributed by atoms with van der Waals surface area (Å²) in [5, 5.41) is 0. The first-order chi connectivity index (χ1) is 13.3. The van der Waals surface area contributed by atoms with Crippen LogP contribution >= 0.6 is 34.8 Å². The van der Waals surface area contributed by atoms with Gasteiger partial charge in [0.25, 0.3) is 0 Å². The molecule has 0 saturated heterocycles. The number of unbranched alkanes of at least 4 members (excludes halogenated alkanes) is 20. The summed E-state index contributed by atoms with van der Waals surface area (Å²) in [5.74, 6) is 1.06. The fraction of sp³-hybridized carbons (Fsp3) is 1.00. The van der Waals surface area contributed by atoms with Crippen LogP contribution in [0.25, 0.3) is 0 Å². The van der Waals surface area contributed by atoms with Gasteiger partial charge in [0.1, 0.15) is 0 Å². The minimum atomic E-state index is -1.33. The summed E-state index contributed by atoms with van der Waals surface area (Å²) in [6.45, 7) is 0. The predicted molar refractivity (Wildman–Crippen MR) is 134 cm³/mol. The highest BCUT2D eigenvalue weighted by atomic mass is 35.7. The average molecular weight is 456 g/mol. The number of hydrogen-bond acceptors (Lipinski definition) is 1. The van der Waals surface area contributed by atoms with Gasteiger partial charge < -0.3 is 0 Å². The normalized spacial score (nSPS) is 11.6. The van der Waals surface area contributed by atoms with Crippen molar-refractivity contribution in [3.05, 3.63) is 0 Å². The zero-order valence-electron chi connectivity index (χ0n) is 18.0. The largest absolute Gasteiger partial charge is 0.237 e. The second-order valence-corrected chi connectivity index (χ2v) is 14.0. The van der Waals surface area contributed by atoms with Crippen molar-refractivity contribution in [1.82, 2.24) is 0 Å². The lowest BCUT2D eigenvalue weighted by atomic mass is 10.0. The number of hydrogen-bond donors (Lipinski definition) is 1. The van der Waals surface area contributed by atoms with Crippen molar-refractivity contribution < 1.29 is 0 Å². The summed E-state index contributed by atoms with van der Waals surface area (Å²) >= 11 is 16.0. The lowest BCUT2D eigenvalue weighted by Crippen LogP contribution is -1.91. The maximum atomic E-state index is 5.87. The second-order valence-electron chi connectivity index (χ2n) is 8.33. The molecule has 0 aromatic heterocycles. The molecule has 0 fully saturated rings. The number of thiol groups is 1. The van der Waals surface area contributed by atoms with Gasteiger partial charge in [0.05, 0.1) is 0 Å². The second kappa shape index (κ2) is 25.2. The van der Waals surface area contributed by atoms with Crippen LogP contribution in [0.1, 0.15) is 135 Å². The Morgan fingerprint density at radius 3 is 0.815 bits per heavy atom. The Labute approximate surface area is 188 Å². The number of rotatable bonds is 23. The molecule has 0 radical (unpaired) electrons. The Bertz CT molecular complexity index is 265. The van der Waals surface area contributed by atoms with Gasteiger partial charge >= 0.3 is 0 Å². The fourth-order valence-electron chi connectivity index (χ4n) is 3.77. The molecule has 0 nitrogen and oxygen atoms in total. The molecule has 0 bridgehead atoms. The van der Waals surface area contributed by atoms with E-state index >= 15 is 0 Å². The third kappa shape index (κ3) is 27.1. The summed E-state index contributed by atoms with van der Waals surface area (Å²) < 4.78 is 0. The lowest BCUT2D eigenvalue weighted by molar-refractivity contribution is 0.521. The van der Waals surface area contributed by atoms with Crippen molar-refractivity contribution in [3.63, 3.8) is 0 Å². The van der Waals surface area contributed by atoms with E-state index in [1.807, 2.05) is 0 Å². The first-order valence-electron chi connectivity index (χ1n) is 12.2. The van der Waals surface area contributed by atoms with Crippen LogP contribution in [0.5, 0.6) is 0 Å². The zero-order chi connectivity index (χ0) is 19.8. The molecule has 0 aromatic rings. The van der Waals surface area contributed by atoms with Gasteiger partial charge in [0.2, 0.25) is 7.42 Å². The lowest BCUT2D eigenvalue weighted by Gasteiger charge is -2.04. The van der Waals surface area contributed by atoms with E-state index in [1.165, 1.54) is 135 Å². The van der Waals surface area contributed by atoms with Crippen LogP contribution < -0.4 is 0 Å². The van der Waals surface area contributed by atoms with Gasteiger partial charge in [-0.05, 0) is 18.2 Å². The first kappa shape index (κ1) is 28.1. The summed E-state index contributed by atoms with van der Waals surface area (Å²) in [6.07, 6.45) is 29.9. The summed E-state index contributed by atoms with van der Waals surface area (Å²) in [7, 11) is -1.33. The van der Waals surface area contributed by atoms with E-state index in [2.05, 4.69) is 12.6 Å². The molecule has 0 atom stereocenters. The molecule has 164 valence electrons. The van der Waals surface area contributed by atoms with Gasteiger partial charge in [-0.3, -0.25) is 0 Å². The van der Waals surface area contributed by atoms with Crippen LogP contribution in [0.15, 0.2) is 0 Å². The third-order valence-corrected chi connectivity index (χ3v) is 8.05. The van der Waals surface area contributed by atoms with Crippen LogP contribution in [0.2, 0.25) is 6.04 Å². The van der Waals surface area contributed by atoms with Crippen molar-refractivity contribution >= 4 is 42.2 Å². The summed E-state index contributed by atoms with van der Waals surface area (Å²) in [4.78, 5) is 0. The molecule has 4 heteroatoms. The molecule has 0 aliphatic carbocycles. The van der Waals surface area contributed by atoms with Crippen molar-refractivity contribution in [1.29, 1.82) is 0 Å². The Balaban J connectivity index is 2.97. The van der Waals surface area contributed by atoms with E-state index in [0.29, 0.717) is 0 Å². The van der Waals surface area contributed by atoms with E-state index in [4.69, 9.17) is 22.2 Å². The summed E-state index contributed by atoms with van der Waals surface area (Å²) in [6, 6.07) is 1.10. The SMILES string of the molecule is SCCCCCCCCCCCCCCCCCCCCCCC[SiH](Cl)Cl. The minimum absolute atomic E-state index is 1.06. The molecule has 0 rings (SSSR count). The molecule has 0 aliphatic rings. The van der Waals surface area contributed by atoms with Crippen molar-refractivity contribution in [2.45, 2.75) is 141 Å². The Morgan fingerprint density at radius 1 is 0.370 bits per heavy atom. The maximum absolute atomic E-state index is 5.87. The Hall–Kier alpha value is 1.15. The molecule has 0 saturated carbocycles. The molecule has 0 aromatic carbocycles. The first-order valence-corrected chi connectivity index (χ1v) is 17.1. The standard InChI is InChI=1S/C23H48Cl2SSi/c24-27(25)23-21-19-17-15-13-11-9-7-5-3-1-2-4-6-8-10-12-14-16-18-20-22-26/h26-27H,1-23H2. The fourth-order valence-corrected chi connectivity index (χ4v) is 5.52. The van der Waals surface area contributed by atoms with Crippen LogP contribution in [-0.4, -0.2) is 13.2 Å². The molecular weight excluding hydrogens is 407 g/mol. The summed E-state index contributed by atoms with van der Waals surface area (Å²) in [5.41, 5.74) is 0. The molecule has 0 aliphatic heterocycles. The minimum Gasteiger partial charge on any atom is -0.179 e. The Morgan fingerprint density at radius 2 is 0.593 bits per heavy atom. The van der Waals surface area contributed by atoms with Crippen molar-refractivity contribution in [2.24, 2.45) is 0 Å². The van der Waals surface area contributed by atoms with Crippen molar-refractivity contribution in [3.8, 4) is 0 Å². The number of halogens is 2.